The van der Waals surface area contributed by atoms with Gasteiger partial charge in [-0.2, -0.15) is 0 Å². The van der Waals surface area contributed by atoms with Crippen LogP contribution in [-0.2, 0) is 9.53 Å². The lowest BCUT2D eigenvalue weighted by atomic mass is 10.0. The smallest absolute Gasteiger partial charge is 0.309 e. The highest BCUT2D eigenvalue weighted by Gasteiger charge is 2.42. The molecule has 0 aromatic carbocycles. The zero-order valence-electron chi connectivity index (χ0n) is 6.17. The van der Waals surface area contributed by atoms with Crippen LogP contribution in [0.3, 0.4) is 0 Å². The second-order valence-corrected chi connectivity index (χ2v) is 3.57. The van der Waals surface area contributed by atoms with E-state index in [4.69, 9.17) is 4.74 Å². The lowest BCUT2D eigenvalue weighted by Crippen LogP contribution is -2.08. The van der Waals surface area contributed by atoms with Gasteiger partial charge in [-0.25, -0.2) is 0 Å². The minimum Gasteiger partial charge on any atom is -0.465 e. The van der Waals surface area contributed by atoms with E-state index in [9.17, 15) is 4.79 Å². The number of esters is 1. The summed E-state index contributed by atoms with van der Waals surface area (Å²) in [5.74, 6) is 1.61. The molecule has 1 heterocycles. The van der Waals surface area contributed by atoms with Gasteiger partial charge in [0.1, 0.15) is 0 Å². The average molecular weight is 140 g/mol. The molecule has 56 valence electrons. The van der Waals surface area contributed by atoms with Crippen LogP contribution in [0.5, 0.6) is 0 Å². The van der Waals surface area contributed by atoms with Gasteiger partial charge in [0.2, 0.25) is 0 Å². The minimum absolute atomic E-state index is 0.0503. The standard InChI is InChI=1S/C8H12O2/c1-5-2-6-4-10-8(9)7(6)3-5/h5-7H,2-4H2,1H3. The Labute approximate surface area is 60.6 Å². The molecule has 2 nitrogen and oxygen atoms in total. The summed E-state index contributed by atoms with van der Waals surface area (Å²) in [7, 11) is 0. The number of cyclic esters (lactones) is 1. The molecule has 2 heteroatoms. The first-order chi connectivity index (χ1) is 4.77. The lowest BCUT2D eigenvalue weighted by molar-refractivity contribution is -0.141. The van der Waals surface area contributed by atoms with Gasteiger partial charge in [0.05, 0.1) is 12.5 Å². The van der Waals surface area contributed by atoms with Gasteiger partial charge < -0.3 is 4.74 Å². The maximum atomic E-state index is 11.0. The second-order valence-electron chi connectivity index (χ2n) is 3.57. The topological polar surface area (TPSA) is 26.3 Å². The fourth-order valence-electron chi connectivity index (χ4n) is 2.17. The van der Waals surface area contributed by atoms with Crippen molar-refractivity contribution >= 4 is 5.97 Å². The van der Waals surface area contributed by atoms with Gasteiger partial charge in [-0.3, -0.25) is 4.79 Å². The fraction of sp³-hybridized carbons (Fsp3) is 0.875. The van der Waals surface area contributed by atoms with E-state index in [1.807, 2.05) is 0 Å². The summed E-state index contributed by atoms with van der Waals surface area (Å²) in [5, 5.41) is 0. The van der Waals surface area contributed by atoms with E-state index in [1.54, 1.807) is 0 Å². The normalized spacial score (nSPS) is 45.3. The fourth-order valence-corrected chi connectivity index (χ4v) is 2.17. The van der Waals surface area contributed by atoms with Crippen LogP contribution in [0.1, 0.15) is 19.8 Å². The molecule has 0 bridgehead atoms. The zero-order valence-corrected chi connectivity index (χ0v) is 6.17. The van der Waals surface area contributed by atoms with E-state index >= 15 is 0 Å². The van der Waals surface area contributed by atoms with Crippen LogP contribution in [0.2, 0.25) is 0 Å². The molecule has 0 N–H and O–H groups in total. The summed E-state index contributed by atoms with van der Waals surface area (Å²) >= 11 is 0. The molecule has 1 saturated carbocycles. The Kier molecular flexibility index (Phi) is 1.22. The van der Waals surface area contributed by atoms with E-state index in [1.165, 1.54) is 6.42 Å². The van der Waals surface area contributed by atoms with Crippen LogP contribution >= 0.6 is 0 Å². The van der Waals surface area contributed by atoms with Crippen LogP contribution < -0.4 is 0 Å². The van der Waals surface area contributed by atoms with Gasteiger partial charge >= 0.3 is 5.97 Å². The molecule has 0 spiro atoms. The largest absolute Gasteiger partial charge is 0.465 e. The summed E-state index contributed by atoms with van der Waals surface area (Å²) < 4.78 is 4.93. The number of ether oxygens (including phenoxy) is 1. The Morgan fingerprint density at radius 2 is 2.30 bits per heavy atom. The molecule has 0 aromatic heterocycles. The molecule has 1 saturated heterocycles. The van der Waals surface area contributed by atoms with E-state index < -0.39 is 0 Å². The highest BCUT2D eigenvalue weighted by molar-refractivity contribution is 5.75. The van der Waals surface area contributed by atoms with Crippen LogP contribution in [0.25, 0.3) is 0 Å². The Morgan fingerprint density at radius 3 is 3.00 bits per heavy atom. The van der Waals surface area contributed by atoms with Crippen molar-refractivity contribution in [1.29, 1.82) is 0 Å². The SMILES string of the molecule is CC1CC2COC(=O)C2C1. The summed E-state index contributed by atoms with van der Waals surface area (Å²) in [6.45, 7) is 2.90. The van der Waals surface area contributed by atoms with Crippen molar-refractivity contribution in [2.24, 2.45) is 17.8 Å². The lowest BCUT2D eigenvalue weighted by Gasteiger charge is -2.00. The third-order valence-electron chi connectivity index (χ3n) is 2.67. The molecule has 2 fully saturated rings. The average Bonchev–Trinajstić information content (AvgIpc) is 2.35. The predicted octanol–water partition coefficient (Wildman–Crippen LogP) is 1.21. The molecule has 10 heavy (non-hydrogen) atoms. The van der Waals surface area contributed by atoms with E-state index in [2.05, 4.69) is 6.92 Å². The van der Waals surface area contributed by atoms with Crippen molar-refractivity contribution in [1.82, 2.24) is 0 Å². The van der Waals surface area contributed by atoms with Crippen LogP contribution in [0, 0.1) is 17.8 Å². The Hall–Kier alpha value is -0.530. The van der Waals surface area contributed by atoms with Gasteiger partial charge in [0.25, 0.3) is 0 Å². The molecule has 2 rings (SSSR count). The van der Waals surface area contributed by atoms with Gasteiger partial charge in [-0.15, -0.1) is 0 Å². The first kappa shape index (κ1) is 6.20. The molecule has 0 amide bonds. The summed E-state index contributed by atoms with van der Waals surface area (Å²) in [6, 6.07) is 0. The molecule has 3 atom stereocenters. The monoisotopic (exact) mass is 140 g/mol. The van der Waals surface area contributed by atoms with Crippen molar-refractivity contribution < 1.29 is 9.53 Å². The Bertz CT molecular complexity index is 165. The predicted molar refractivity (Wildman–Crippen MR) is 36.3 cm³/mol. The Balaban J connectivity index is 2.12. The summed E-state index contributed by atoms with van der Waals surface area (Å²) in [5.41, 5.74) is 0. The van der Waals surface area contributed by atoms with Crippen LogP contribution in [0.4, 0.5) is 0 Å². The molecular formula is C8H12O2. The highest BCUT2D eigenvalue weighted by atomic mass is 16.5. The van der Waals surface area contributed by atoms with Crippen molar-refractivity contribution in [2.75, 3.05) is 6.61 Å². The quantitative estimate of drug-likeness (QED) is 0.473. The maximum absolute atomic E-state index is 11.0. The Morgan fingerprint density at radius 1 is 1.50 bits per heavy atom. The van der Waals surface area contributed by atoms with Gasteiger partial charge in [-0.1, -0.05) is 6.92 Å². The number of carbonyl (C=O) groups is 1. The molecule has 1 aliphatic heterocycles. The molecule has 0 radical (unpaired) electrons. The third-order valence-corrected chi connectivity index (χ3v) is 2.67. The van der Waals surface area contributed by atoms with Crippen molar-refractivity contribution in [3.63, 3.8) is 0 Å². The zero-order chi connectivity index (χ0) is 7.14. The van der Waals surface area contributed by atoms with Crippen molar-refractivity contribution in [2.45, 2.75) is 19.8 Å². The number of hydrogen-bond donors (Lipinski definition) is 0. The van der Waals surface area contributed by atoms with Crippen molar-refractivity contribution in [3.05, 3.63) is 0 Å². The first-order valence-corrected chi connectivity index (χ1v) is 3.94. The van der Waals surface area contributed by atoms with Gasteiger partial charge in [0.15, 0.2) is 0 Å². The number of fused-ring (bicyclic) bond motifs is 1. The molecule has 1 aliphatic carbocycles. The first-order valence-electron chi connectivity index (χ1n) is 3.94. The van der Waals surface area contributed by atoms with E-state index in [0.717, 1.165) is 12.3 Å². The van der Waals surface area contributed by atoms with E-state index in [-0.39, 0.29) is 11.9 Å². The maximum Gasteiger partial charge on any atom is 0.309 e. The minimum atomic E-state index is 0.0503. The van der Waals surface area contributed by atoms with Crippen LogP contribution in [0.15, 0.2) is 0 Å². The van der Waals surface area contributed by atoms with Gasteiger partial charge in [-0.05, 0) is 18.8 Å². The number of hydrogen-bond acceptors (Lipinski definition) is 2. The highest BCUT2D eigenvalue weighted by Crippen LogP contribution is 2.40. The van der Waals surface area contributed by atoms with Gasteiger partial charge in [0, 0.05) is 5.92 Å². The van der Waals surface area contributed by atoms with E-state index in [0.29, 0.717) is 12.5 Å². The third kappa shape index (κ3) is 0.746. The van der Waals surface area contributed by atoms with Crippen molar-refractivity contribution in [3.8, 4) is 0 Å². The molecule has 3 unspecified atom stereocenters. The van der Waals surface area contributed by atoms with Crippen LogP contribution in [-0.4, -0.2) is 12.6 Å². The number of rotatable bonds is 0. The molecular weight excluding hydrogens is 128 g/mol. The molecule has 2 aliphatic rings. The number of carbonyl (C=O) groups excluding carboxylic acids is 1. The molecule has 0 aromatic rings. The summed E-state index contributed by atoms with van der Waals surface area (Å²) in [4.78, 5) is 11.0. The summed E-state index contributed by atoms with van der Waals surface area (Å²) in [6.07, 6.45) is 2.25. The second kappa shape index (κ2) is 1.97.